The van der Waals surface area contributed by atoms with Crippen molar-refractivity contribution in [2.24, 2.45) is 0 Å². The molecule has 2 N–H and O–H groups in total. The van der Waals surface area contributed by atoms with E-state index in [1.165, 1.54) is 0 Å². The number of thiocarbonyl (C=S) groups is 1. The molecule has 0 spiro atoms. The Morgan fingerprint density at radius 3 is 2.92 bits per heavy atom. The molecule has 0 aromatic rings. The average molecular weight is 184 g/mol. The van der Waals surface area contributed by atoms with Crippen LogP contribution in [0.1, 0.15) is 6.42 Å². The Labute approximate surface area is 76.5 Å². The van der Waals surface area contributed by atoms with Gasteiger partial charge in [-0.05, 0) is 6.08 Å². The van der Waals surface area contributed by atoms with Crippen molar-refractivity contribution < 1.29 is 14.8 Å². The van der Waals surface area contributed by atoms with Crippen LogP contribution < -0.4 is 0 Å². The number of hydrogen-bond donors (Lipinski definition) is 2. The van der Waals surface area contributed by atoms with Crippen LogP contribution in [0.4, 0.5) is 0 Å². The SMILES string of the molecule is OB(O)COC1=CC=CCC1=S. The van der Waals surface area contributed by atoms with Gasteiger partial charge in [0.2, 0.25) is 0 Å². The second-order valence-electron chi connectivity index (χ2n) is 2.38. The normalized spacial score (nSPS) is 15.8. The van der Waals surface area contributed by atoms with Gasteiger partial charge in [-0.1, -0.05) is 24.4 Å². The molecule has 0 fully saturated rings. The van der Waals surface area contributed by atoms with Crippen LogP contribution in [0, 0.1) is 0 Å². The second-order valence-corrected chi connectivity index (χ2v) is 2.87. The van der Waals surface area contributed by atoms with Gasteiger partial charge >= 0.3 is 7.12 Å². The Morgan fingerprint density at radius 1 is 1.58 bits per heavy atom. The number of allylic oxidation sites excluding steroid dienone is 4. The van der Waals surface area contributed by atoms with Gasteiger partial charge < -0.3 is 14.8 Å². The fourth-order valence-corrected chi connectivity index (χ4v) is 1.04. The summed E-state index contributed by atoms with van der Waals surface area (Å²) >= 11 is 4.97. The molecule has 64 valence electrons. The molecule has 0 aliphatic heterocycles. The zero-order valence-corrected chi connectivity index (χ0v) is 7.25. The van der Waals surface area contributed by atoms with Crippen molar-refractivity contribution in [2.45, 2.75) is 6.42 Å². The lowest BCUT2D eigenvalue weighted by molar-refractivity contribution is 0.243. The van der Waals surface area contributed by atoms with Crippen LogP contribution in [-0.2, 0) is 4.74 Å². The number of rotatable bonds is 3. The van der Waals surface area contributed by atoms with Crippen molar-refractivity contribution in [3.63, 3.8) is 0 Å². The van der Waals surface area contributed by atoms with E-state index in [1.807, 2.05) is 12.2 Å². The maximum atomic E-state index is 8.51. The summed E-state index contributed by atoms with van der Waals surface area (Å²) in [5.74, 6) is 0.556. The summed E-state index contributed by atoms with van der Waals surface area (Å²) in [6.07, 6.45) is 6.15. The minimum atomic E-state index is -1.44. The predicted octanol–water partition coefficient (Wildman–Crippen LogP) is 0.229. The van der Waals surface area contributed by atoms with Crippen LogP contribution in [0.2, 0.25) is 0 Å². The molecule has 1 rings (SSSR count). The third-order valence-electron chi connectivity index (χ3n) is 1.35. The van der Waals surface area contributed by atoms with Crippen molar-refractivity contribution in [2.75, 3.05) is 6.51 Å². The van der Waals surface area contributed by atoms with Gasteiger partial charge in [0.05, 0.1) is 4.86 Å². The molecular weight excluding hydrogens is 175 g/mol. The molecule has 0 amide bonds. The molecule has 0 heterocycles. The molecule has 0 saturated heterocycles. The number of ether oxygens (including phenoxy) is 1. The Bertz CT molecular complexity index is 235. The molecule has 0 saturated carbocycles. The van der Waals surface area contributed by atoms with Gasteiger partial charge in [0.25, 0.3) is 0 Å². The van der Waals surface area contributed by atoms with Crippen LogP contribution >= 0.6 is 12.2 Å². The highest BCUT2D eigenvalue weighted by Gasteiger charge is 2.12. The van der Waals surface area contributed by atoms with E-state index in [2.05, 4.69) is 0 Å². The molecule has 5 heteroatoms. The van der Waals surface area contributed by atoms with Crippen LogP contribution in [0.3, 0.4) is 0 Å². The Kier molecular flexibility index (Phi) is 3.46. The summed E-state index contributed by atoms with van der Waals surface area (Å²) in [5, 5.41) is 17.0. The Morgan fingerprint density at radius 2 is 2.33 bits per heavy atom. The fraction of sp³-hybridized carbons (Fsp3) is 0.286. The summed E-state index contributed by atoms with van der Waals surface area (Å²) in [6, 6.07) is 0. The monoisotopic (exact) mass is 184 g/mol. The lowest BCUT2D eigenvalue weighted by atomic mass is 9.95. The van der Waals surface area contributed by atoms with Gasteiger partial charge in [-0.15, -0.1) is 0 Å². The first kappa shape index (κ1) is 9.44. The quantitative estimate of drug-likeness (QED) is 0.486. The highest BCUT2D eigenvalue weighted by molar-refractivity contribution is 7.80. The zero-order chi connectivity index (χ0) is 8.97. The van der Waals surface area contributed by atoms with Crippen LogP contribution in [0.25, 0.3) is 0 Å². The molecular formula is C7H9BO3S. The lowest BCUT2D eigenvalue weighted by Gasteiger charge is -2.11. The Balaban J connectivity index is 2.45. The molecule has 0 radical (unpaired) electrons. The standard InChI is InChI=1S/C7H9BO3S/c9-8(10)5-11-6-3-1-2-4-7(6)12/h1-3,9-10H,4-5H2. The molecule has 0 unspecified atom stereocenters. The van der Waals surface area contributed by atoms with E-state index in [0.29, 0.717) is 17.0 Å². The third-order valence-corrected chi connectivity index (χ3v) is 1.72. The fourth-order valence-electron chi connectivity index (χ4n) is 0.817. The van der Waals surface area contributed by atoms with E-state index in [1.54, 1.807) is 6.08 Å². The van der Waals surface area contributed by atoms with E-state index in [9.17, 15) is 0 Å². The Hall–Kier alpha value is -0.645. The highest BCUT2D eigenvalue weighted by atomic mass is 32.1. The molecule has 12 heavy (non-hydrogen) atoms. The molecule has 1 aliphatic rings. The van der Waals surface area contributed by atoms with E-state index in [4.69, 9.17) is 27.0 Å². The van der Waals surface area contributed by atoms with Crippen molar-refractivity contribution in [1.82, 2.24) is 0 Å². The van der Waals surface area contributed by atoms with Crippen molar-refractivity contribution in [3.05, 3.63) is 24.0 Å². The summed E-state index contributed by atoms with van der Waals surface area (Å²) in [7, 11) is -1.44. The van der Waals surface area contributed by atoms with Gasteiger partial charge in [0.1, 0.15) is 12.3 Å². The van der Waals surface area contributed by atoms with Gasteiger partial charge in [0.15, 0.2) is 0 Å². The highest BCUT2D eigenvalue weighted by Crippen LogP contribution is 2.10. The number of hydrogen-bond acceptors (Lipinski definition) is 4. The van der Waals surface area contributed by atoms with E-state index in [-0.39, 0.29) is 6.51 Å². The maximum Gasteiger partial charge on any atom is 0.491 e. The topological polar surface area (TPSA) is 49.7 Å². The molecule has 0 bridgehead atoms. The van der Waals surface area contributed by atoms with Crippen molar-refractivity contribution >= 4 is 24.2 Å². The summed E-state index contributed by atoms with van der Waals surface area (Å²) in [4.78, 5) is 0.693. The first-order valence-corrected chi connectivity index (χ1v) is 4.00. The molecule has 0 atom stereocenters. The van der Waals surface area contributed by atoms with Crippen LogP contribution in [0.15, 0.2) is 24.0 Å². The smallest absolute Gasteiger partial charge is 0.491 e. The molecule has 0 aromatic heterocycles. The minimum Gasteiger partial charge on any atom is -0.495 e. The molecule has 3 nitrogen and oxygen atoms in total. The maximum absolute atomic E-state index is 8.51. The van der Waals surface area contributed by atoms with Crippen molar-refractivity contribution in [1.29, 1.82) is 0 Å². The summed E-state index contributed by atoms with van der Waals surface area (Å²) in [6.45, 7) is -0.139. The summed E-state index contributed by atoms with van der Waals surface area (Å²) < 4.78 is 5.03. The zero-order valence-electron chi connectivity index (χ0n) is 6.43. The van der Waals surface area contributed by atoms with E-state index < -0.39 is 7.12 Å². The first-order chi connectivity index (χ1) is 5.70. The first-order valence-electron chi connectivity index (χ1n) is 3.59. The predicted molar refractivity (Wildman–Crippen MR) is 50.6 cm³/mol. The largest absolute Gasteiger partial charge is 0.495 e. The van der Waals surface area contributed by atoms with Gasteiger partial charge in [-0.25, -0.2) is 0 Å². The van der Waals surface area contributed by atoms with E-state index in [0.717, 1.165) is 0 Å². The van der Waals surface area contributed by atoms with Crippen LogP contribution in [0.5, 0.6) is 0 Å². The third kappa shape index (κ3) is 2.77. The average Bonchev–Trinajstić information content (AvgIpc) is 2.03. The molecule has 0 aromatic carbocycles. The van der Waals surface area contributed by atoms with Crippen molar-refractivity contribution in [3.8, 4) is 0 Å². The summed E-state index contributed by atoms with van der Waals surface area (Å²) in [5.41, 5.74) is 0. The second kappa shape index (κ2) is 4.40. The van der Waals surface area contributed by atoms with Gasteiger partial charge in [-0.2, -0.15) is 0 Å². The van der Waals surface area contributed by atoms with Crippen LogP contribution in [-0.4, -0.2) is 28.5 Å². The molecule has 1 aliphatic carbocycles. The van der Waals surface area contributed by atoms with Gasteiger partial charge in [-0.3, -0.25) is 0 Å². The minimum absolute atomic E-state index is 0.139. The van der Waals surface area contributed by atoms with Gasteiger partial charge in [0, 0.05) is 6.42 Å². The lowest BCUT2D eigenvalue weighted by Crippen LogP contribution is -2.21. The van der Waals surface area contributed by atoms with E-state index >= 15 is 0 Å².